The Morgan fingerprint density at radius 3 is 2.70 bits per heavy atom. The topological polar surface area (TPSA) is 95.5 Å². The normalized spacial score (nSPS) is 12.7. The summed E-state index contributed by atoms with van der Waals surface area (Å²) in [6, 6.07) is 0. The zero-order valence-electron chi connectivity index (χ0n) is 13.2. The van der Waals surface area contributed by atoms with E-state index in [1.54, 1.807) is 0 Å². The smallest absolute Gasteiger partial charge is 0.303 e. The molecule has 1 aliphatic carbocycles. The lowest BCUT2D eigenvalue weighted by Gasteiger charge is -2.09. The highest BCUT2D eigenvalue weighted by molar-refractivity contribution is 7.17. The highest BCUT2D eigenvalue weighted by atomic mass is 32.1. The fourth-order valence-electron chi connectivity index (χ4n) is 2.68. The largest absolute Gasteiger partial charge is 0.481 e. The fraction of sp³-hybridized carbons (Fsp3) is 0.562. The Morgan fingerprint density at radius 1 is 1.22 bits per heavy atom. The van der Waals surface area contributed by atoms with Crippen LogP contribution in [0, 0.1) is 0 Å². The van der Waals surface area contributed by atoms with Crippen molar-refractivity contribution in [3.05, 3.63) is 16.0 Å². The van der Waals surface area contributed by atoms with E-state index in [1.165, 1.54) is 16.2 Å². The number of rotatable bonds is 8. The van der Waals surface area contributed by atoms with Gasteiger partial charge in [-0.05, 0) is 37.7 Å². The summed E-state index contributed by atoms with van der Waals surface area (Å²) in [5.74, 6) is -1.17. The molecule has 0 radical (unpaired) electrons. The molecule has 0 bridgehead atoms. The second-order valence-corrected chi connectivity index (χ2v) is 6.72. The Labute approximate surface area is 139 Å². The van der Waals surface area contributed by atoms with E-state index in [0.717, 1.165) is 31.2 Å². The molecule has 6 nitrogen and oxygen atoms in total. The molecule has 0 saturated carbocycles. The second kappa shape index (κ2) is 8.10. The van der Waals surface area contributed by atoms with Gasteiger partial charge in [-0.3, -0.25) is 14.4 Å². The minimum Gasteiger partial charge on any atom is -0.481 e. The molecule has 23 heavy (non-hydrogen) atoms. The minimum atomic E-state index is -0.872. The number of amides is 2. The third-order valence-corrected chi connectivity index (χ3v) is 4.94. The van der Waals surface area contributed by atoms with Crippen LogP contribution in [0.2, 0.25) is 0 Å². The number of nitrogens with one attached hydrogen (secondary N) is 2. The van der Waals surface area contributed by atoms with E-state index in [4.69, 9.17) is 5.11 Å². The Kier molecular flexibility index (Phi) is 6.15. The van der Waals surface area contributed by atoms with Crippen LogP contribution in [0.5, 0.6) is 0 Å². The van der Waals surface area contributed by atoms with Crippen molar-refractivity contribution in [1.82, 2.24) is 5.32 Å². The first-order valence-corrected chi connectivity index (χ1v) is 8.79. The van der Waals surface area contributed by atoms with E-state index in [2.05, 4.69) is 10.6 Å². The number of hydrogen-bond acceptors (Lipinski definition) is 4. The summed E-state index contributed by atoms with van der Waals surface area (Å²) in [5, 5.41) is 14.9. The SMILES string of the molecule is CCCC(=O)Nc1sc2c(c1C(=O)NCCCC(=O)O)CCC2. The summed E-state index contributed by atoms with van der Waals surface area (Å²) < 4.78 is 0. The quantitative estimate of drug-likeness (QED) is 0.635. The summed E-state index contributed by atoms with van der Waals surface area (Å²) in [6.07, 6.45) is 4.45. The van der Waals surface area contributed by atoms with Crippen LogP contribution in [-0.4, -0.2) is 29.4 Å². The number of hydrogen-bond donors (Lipinski definition) is 3. The highest BCUT2D eigenvalue weighted by Crippen LogP contribution is 2.39. The lowest BCUT2D eigenvalue weighted by atomic mass is 10.1. The zero-order valence-corrected chi connectivity index (χ0v) is 14.1. The van der Waals surface area contributed by atoms with Gasteiger partial charge in [0.2, 0.25) is 5.91 Å². The van der Waals surface area contributed by atoms with Crippen LogP contribution in [0.4, 0.5) is 5.00 Å². The van der Waals surface area contributed by atoms with Crippen molar-refractivity contribution in [2.24, 2.45) is 0 Å². The number of carbonyl (C=O) groups excluding carboxylic acids is 2. The first-order chi connectivity index (χ1) is 11.0. The maximum Gasteiger partial charge on any atom is 0.303 e. The number of carboxylic acids is 1. The van der Waals surface area contributed by atoms with Crippen molar-refractivity contribution in [2.45, 2.75) is 51.9 Å². The molecule has 1 heterocycles. The average Bonchev–Trinajstić information content (AvgIpc) is 3.03. The number of fused-ring (bicyclic) bond motifs is 1. The van der Waals surface area contributed by atoms with E-state index < -0.39 is 5.97 Å². The molecule has 0 saturated heterocycles. The minimum absolute atomic E-state index is 0.0299. The zero-order chi connectivity index (χ0) is 16.8. The van der Waals surface area contributed by atoms with Crippen LogP contribution in [0.1, 0.15) is 59.8 Å². The first-order valence-electron chi connectivity index (χ1n) is 7.97. The molecule has 1 aromatic rings. The van der Waals surface area contributed by atoms with Gasteiger partial charge in [0.15, 0.2) is 0 Å². The molecule has 2 rings (SSSR count). The second-order valence-electron chi connectivity index (χ2n) is 5.61. The first kappa shape index (κ1) is 17.5. The van der Waals surface area contributed by atoms with Crippen LogP contribution in [0.25, 0.3) is 0 Å². The average molecular weight is 338 g/mol. The summed E-state index contributed by atoms with van der Waals surface area (Å²) in [4.78, 5) is 36.0. The van der Waals surface area contributed by atoms with Gasteiger partial charge in [-0.25, -0.2) is 0 Å². The van der Waals surface area contributed by atoms with Crippen molar-refractivity contribution >= 4 is 34.1 Å². The molecule has 3 N–H and O–H groups in total. The maximum atomic E-state index is 12.5. The molecular weight excluding hydrogens is 316 g/mol. The van der Waals surface area contributed by atoms with Gasteiger partial charge in [0.05, 0.1) is 5.56 Å². The van der Waals surface area contributed by atoms with E-state index >= 15 is 0 Å². The van der Waals surface area contributed by atoms with Gasteiger partial charge >= 0.3 is 5.97 Å². The van der Waals surface area contributed by atoms with E-state index in [9.17, 15) is 14.4 Å². The molecule has 0 fully saturated rings. The Balaban J connectivity index is 2.07. The molecule has 2 amide bonds. The number of carbonyl (C=O) groups is 3. The van der Waals surface area contributed by atoms with Gasteiger partial charge in [-0.1, -0.05) is 6.92 Å². The van der Waals surface area contributed by atoms with Gasteiger partial charge in [-0.2, -0.15) is 0 Å². The number of carboxylic acid groups (broad SMARTS) is 1. The highest BCUT2D eigenvalue weighted by Gasteiger charge is 2.27. The van der Waals surface area contributed by atoms with Gasteiger partial charge in [0.25, 0.3) is 5.91 Å². The fourth-order valence-corrected chi connectivity index (χ4v) is 3.98. The predicted molar refractivity (Wildman–Crippen MR) is 89.1 cm³/mol. The summed E-state index contributed by atoms with van der Waals surface area (Å²) in [6.45, 7) is 2.25. The molecule has 0 spiro atoms. The Morgan fingerprint density at radius 2 is 2.00 bits per heavy atom. The maximum absolute atomic E-state index is 12.5. The van der Waals surface area contributed by atoms with E-state index in [0.29, 0.717) is 30.0 Å². The molecule has 0 atom stereocenters. The standard InChI is InChI=1S/C16H22N2O4S/c1-2-5-12(19)18-16-14(10-6-3-7-11(10)23-16)15(22)17-9-4-8-13(20)21/h2-9H2,1H3,(H,17,22)(H,18,19)(H,20,21). The van der Waals surface area contributed by atoms with Gasteiger partial charge < -0.3 is 15.7 Å². The van der Waals surface area contributed by atoms with Crippen molar-refractivity contribution in [3.63, 3.8) is 0 Å². The third kappa shape index (κ3) is 4.54. The molecule has 7 heteroatoms. The van der Waals surface area contributed by atoms with Crippen molar-refractivity contribution in [1.29, 1.82) is 0 Å². The van der Waals surface area contributed by atoms with Crippen molar-refractivity contribution in [3.8, 4) is 0 Å². The molecule has 1 aliphatic rings. The number of aliphatic carboxylic acids is 1. The number of anilines is 1. The van der Waals surface area contributed by atoms with Gasteiger partial charge in [0, 0.05) is 24.3 Å². The lowest BCUT2D eigenvalue weighted by Crippen LogP contribution is -2.26. The molecule has 1 aromatic heterocycles. The third-order valence-electron chi connectivity index (χ3n) is 3.73. The van der Waals surface area contributed by atoms with Crippen LogP contribution in [0.3, 0.4) is 0 Å². The lowest BCUT2D eigenvalue weighted by molar-refractivity contribution is -0.137. The van der Waals surface area contributed by atoms with Crippen LogP contribution >= 0.6 is 11.3 Å². The number of aryl methyl sites for hydroxylation is 1. The number of thiophene rings is 1. The molecule has 0 aliphatic heterocycles. The van der Waals surface area contributed by atoms with Crippen molar-refractivity contribution in [2.75, 3.05) is 11.9 Å². The molecular formula is C16H22N2O4S. The Hall–Kier alpha value is -1.89. The molecule has 0 aromatic carbocycles. The predicted octanol–water partition coefficient (Wildman–Crippen LogP) is 2.57. The van der Waals surface area contributed by atoms with Crippen LogP contribution < -0.4 is 10.6 Å². The van der Waals surface area contributed by atoms with Gasteiger partial charge in [0.1, 0.15) is 5.00 Å². The van der Waals surface area contributed by atoms with Crippen molar-refractivity contribution < 1.29 is 19.5 Å². The summed E-state index contributed by atoms with van der Waals surface area (Å²) in [7, 11) is 0. The van der Waals surface area contributed by atoms with E-state index in [1.807, 2.05) is 6.92 Å². The van der Waals surface area contributed by atoms with Crippen LogP contribution in [-0.2, 0) is 22.4 Å². The summed E-state index contributed by atoms with van der Waals surface area (Å²) >= 11 is 1.49. The Bertz CT molecular complexity index is 609. The van der Waals surface area contributed by atoms with Gasteiger partial charge in [-0.15, -0.1) is 11.3 Å². The van der Waals surface area contributed by atoms with E-state index in [-0.39, 0.29) is 18.2 Å². The monoisotopic (exact) mass is 338 g/mol. The molecule has 126 valence electrons. The molecule has 0 unspecified atom stereocenters. The summed E-state index contributed by atoms with van der Waals surface area (Å²) in [5.41, 5.74) is 1.61. The van der Waals surface area contributed by atoms with Crippen LogP contribution in [0.15, 0.2) is 0 Å².